The lowest BCUT2D eigenvalue weighted by Gasteiger charge is -2.59. The number of aliphatic hydroxyl groups is 2. The lowest BCUT2D eigenvalue weighted by molar-refractivity contribution is -0.165. The smallest absolute Gasteiger partial charge is 0.102 e. The highest BCUT2D eigenvalue weighted by molar-refractivity contribution is 5.22. The van der Waals surface area contributed by atoms with E-state index in [0.717, 1.165) is 50.4 Å². The maximum absolute atomic E-state index is 12.1. The molecule has 1 heterocycles. The fourth-order valence-corrected chi connectivity index (χ4v) is 9.18. The van der Waals surface area contributed by atoms with Gasteiger partial charge < -0.3 is 14.9 Å². The molecule has 0 aliphatic heterocycles. The number of hydrogen-bond donors (Lipinski definition) is 2. The Kier molecular flexibility index (Phi) is 5.91. The average molecular weight is 456 g/mol. The predicted molar refractivity (Wildman–Crippen MR) is 125 cm³/mol. The first-order chi connectivity index (χ1) is 15.7. The second-order valence-electron chi connectivity index (χ2n) is 12.2. The fraction of sp³-hybridized carbons (Fsp3) is 0.852. The van der Waals surface area contributed by atoms with Crippen molar-refractivity contribution in [3.8, 4) is 6.07 Å². The molecule has 0 radical (unpaired) electrons. The van der Waals surface area contributed by atoms with Gasteiger partial charge in [0.25, 0.3) is 0 Å². The zero-order valence-corrected chi connectivity index (χ0v) is 20.5. The van der Waals surface area contributed by atoms with E-state index in [4.69, 9.17) is 10.00 Å². The molecule has 2 unspecified atom stereocenters. The van der Waals surface area contributed by atoms with Gasteiger partial charge in [-0.1, -0.05) is 13.8 Å². The van der Waals surface area contributed by atoms with Crippen LogP contribution in [0.25, 0.3) is 0 Å². The van der Waals surface area contributed by atoms with E-state index in [1.54, 1.807) is 19.5 Å². The zero-order valence-electron chi connectivity index (χ0n) is 20.5. The van der Waals surface area contributed by atoms with Crippen molar-refractivity contribution in [1.29, 1.82) is 5.26 Å². The molecule has 0 saturated heterocycles. The first-order valence-corrected chi connectivity index (χ1v) is 13.1. The Morgan fingerprint density at radius 3 is 2.67 bits per heavy atom. The number of fused-ring (bicyclic) bond motifs is 5. The third-order valence-electron chi connectivity index (χ3n) is 10.8. The number of methoxy groups -OCH3 is 1. The molecular weight excluding hydrogens is 414 g/mol. The molecule has 182 valence electrons. The fourth-order valence-electron chi connectivity index (χ4n) is 9.18. The topological polar surface area (TPSA) is 91.3 Å². The Morgan fingerprint density at radius 2 is 1.94 bits per heavy atom. The van der Waals surface area contributed by atoms with Crippen LogP contribution in [-0.2, 0) is 11.3 Å². The largest absolute Gasteiger partial charge is 0.389 e. The summed E-state index contributed by atoms with van der Waals surface area (Å²) in [6.07, 6.45) is 13.0. The third kappa shape index (κ3) is 3.66. The van der Waals surface area contributed by atoms with Crippen molar-refractivity contribution in [1.82, 2.24) is 9.78 Å². The van der Waals surface area contributed by atoms with Gasteiger partial charge in [-0.25, -0.2) is 0 Å². The normalized spacial score (nSPS) is 45.5. The van der Waals surface area contributed by atoms with Gasteiger partial charge >= 0.3 is 0 Å². The van der Waals surface area contributed by atoms with Crippen LogP contribution in [0.15, 0.2) is 12.4 Å². The molecule has 33 heavy (non-hydrogen) atoms. The Balaban J connectivity index is 1.31. The summed E-state index contributed by atoms with van der Waals surface area (Å²) >= 11 is 0. The molecule has 0 spiro atoms. The molecule has 1 aromatic rings. The summed E-state index contributed by atoms with van der Waals surface area (Å²) in [5.74, 6) is 3.47. The highest BCUT2D eigenvalue weighted by Gasteiger charge is 2.64. The molecule has 4 aliphatic rings. The molecule has 4 fully saturated rings. The van der Waals surface area contributed by atoms with Crippen LogP contribution < -0.4 is 0 Å². The second kappa shape index (κ2) is 8.36. The molecule has 0 amide bonds. The SMILES string of the molecule is COC[C@@]1(O)CC[C@@H]2C3CC[C@@]4(C)C(CC[C@]4(O)[C@H](C)Cn4cc(C#N)cn4)[C@@H]3CC[C@@H]2C1. The molecule has 9 atom stereocenters. The predicted octanol–water partition coefficient (Wildman–Crippen LogP) is 4.15. The van der Waals surface area contributed by atoms with Crippen LogP contribution in [0, 0.1) is 52.3 Å². The molecule has 6 nitrogen and oxygen atoms in total. The number of hydrogen-bond acceptors (Lipinski definition) is 5. The van der Waals surface area contributed by atoms with Crippen LogP contribution in [0.3, 0.4) is 0 Å². The summed E-state index contributed by atoms with van der Waals surface area (Å²) < 4.78 is 7.17. The van der Waals surface area contributed by atoms with Gasteiger partial charge in [-0.05, 0) is 92.8 Å². The highest BCUT2D eigenvalue weighted by atomic mass is 16.5. The van der Waals surface area contributed by atoms with Crippen LogP contribution in [0.5, 0.6) is 0 Å². The van der Waals surface area contributed by atoms with E-state index in [1.165, 1.54) is 19.3 Å². The van der Waals surface area contributed by atoms with E-state index in [-0.39, 0.29) is 11.3 Å². The Bertz CT molecular complexity index is 911. The molecular formula is C27H41N3O3. The molecule has 4 saturated carbocycles. The molecule has 2 N–H and O–H groups in total. The summed E-state index contributed by atoms with van der Waals surface area (Å²) in [6.45, 7) is 5.65. The van der Waals surface area contributed by atoms with Crippen LogP contribution >= 0.6 is 0 Å². The van der Waals surface area contributed by atoms with Gasteiger partial charge in [0.1, 0.15) is 6.07 Å². The van der Waals surface area contributed by atoms with Crippen LogP contribution in [-0.4, -0.2) is 44.9 Å². The Hall–Kier alpha value is -1.42. The van der Waals surface area contributed by atoms with Crippen LogP contribution in [0.1, 0.15) is 77.2 Å². The molecule has 0 bridgehead atoms. The van der Waals surface area contributed by atoms with E-state index in [2.05, 4.69) is 25.0 Å². The number of ether oxygens (including phenoxy) is 1. The number of rotatable bonds is 5. The van der Waals surface area contributed by atoms with Gasteiger partial charge in [0.05, 0.1) is 29.6 Å². The first kappa shape index (κ1) is 23.3. The Labute approximate surface area is 198 Å². The van der Waals surface area contributed by atoms with E-state index >= 15 is 0 Å². The standard InChI is InChI=1S/C27H41N3O3/c1-18(15-30-16-19(13-28)14-29-30)27(32)11-8-24-23-5-4-20-12-26(31,17-33-3)10-7-21(20)22(23)6-9-25(24,27)2/h14,16,18,20-24,31-32H,4-12,15,17H2,1-3H3/t18-,20-,21+,22?,23-,24?,25+,26-,27+/m1/s1. The molecule has 6 heteroatoms. The number of aromatic nitrogens is 2. The lowest BCUT2D eigenvalue weighted by Crippen LogP contribution is -2.57. The first-order valence-electron chi connectivity index (χ1n) is 13.1. The van der Waals surface area contributed by atoms with Crippen LogP contribution in [0.4, 0.5) is 0 Å². The van der Waals surface area contributed by atoms with E-state index < -0.39 is 11.2 Å². The minimum absolute atomic E-state index is 0.0584. The monoisotopic (exact) mass is 455 g/mol. The molecule has 5 rings (SSSR count). The van der Waals surface area contributed by atoms with Gasteiger partial charge in [-0.2, -0.15) is 10.4 Å². The van der Waals surface area contributed by atoms with Crippen LogP contribution in [0.2, 0.25) is 0 Å². The summed E-state index contributed by atoms with van der Waals surface area (Å²) in [5.41, 5.74) is -0.806. The van der Waals surface area contributed by atoms with Gasteiger partial charge in [-0.3, -0.25) is 4.68 Å². The van der Waals surface area contributed by atoms with Crippen molar-refractivity contribution < 1.29 is 14.9 Å². The summed E-state index contributed by atoms with van der Waals surface area (Å²) in [6, 6.07) is 2.15. The van der Waals surface area contributed by atoms with Crippen molar-refractivity contribution >= 4 is 0 Å². The van der Waals surface area contributed by atoms with Crippen molar-refractivity contribution in [3.05, 3.63) is 18.0 Å². The van der Waals surface area contributed by atoms with Crippen molar-refractivity contribution in [2.24, 2.45) is 40.9 Å². The summed E-state index contributed by atoms with van der Waals surface area (Å²) in [4.78, 5) is 0. The van der Waals surface area contributed by atoms with Gasteiger partial charge in [0.2, 0.25) is 0 Å². The molecule has 1 aromatic heterocycles. The van der Waals surface area contributed by atoms with Gasteiger partial charge in [0, 0.05) is 25.8 Å². The molecule has 0 aromatic carbocycles. The minimum Gasteiger partial charge on any atom is -0.389 e. The maximum atomic E-state index is 12.1. The number of nitriles is 1. The lowest BCUT2D eigenvalue weighted by atomic mass is 9.48. The third-order valence-corrected chi connectivity index (χ3v) is 10.8. The van der Waals surface area contributed by atoms with Crippen molar-refractivity contribution in [2.75, 3.05) is 13.7 Å². The van der Waals surface area contributed by atoms with Gasteiger partial charge in [0.15, 0.2) is 0 Å². The van der Waals surface area contributed by atoms with E-state index in [0.29, 0.717) is 36.5 Å². The second-order valence-corrected chi connectivity index (χ2v) is 12.2. The minimum atomic E-state index is -0.691. The number of nitrogens with zero attached hydrogens (tertiary/aromatic N) is 3. The van der Waals surface area contributed by atoms with Crippen molar-refractivity contribution in [2.45, 2.75) is 89.4 Å². The maximum Gasteiger partial charge on any atom is 0.102 e. The van der Waals surface area contributed by atoms with E-state index in [1.807, 2.05) is 4.68 Å². The van der Waals surface area contributed by atoms with E-state index in [9.17, 15) is 10.2 Å². The highest BCUT2D eigenvalue weighted by Crippen LogP contribution is 2.67. The summed E-state index contributed by atoms with van der Waals surface area (Å²) in [5, 5.41) is 36.6. The zero-order chi connectivity index (χ0) is 23.4. The Morgan fingerprint density at radius 1 is 1.15 bits per heavy atom. The summed E-state index contributed by atoms with van der Waals surface area (Å²) in [7, 11) is 1.69. The molecule has 4 aliphatic carbocycles. The van der Waals surface area contributed by atoms with Gasteiger partial charge in [-0.15, -0.1) is 0 Å². The average Bonchev–Trinajstić information content (AvgIpc) is 3.35. The quantitative estimate of drug-likeness (QED) is 0.696. The van der Waals surface area contributed by atoms with Crippen molar-refractivity contribution in [3.63, 3.8) is 0 Å².